The van der Waals surface area contributed by atoms with Gasteiger partial charge >= 0.3 is 0 Å². The summed E-state index contributed by atoms with van der Waals surface area (Å²) in [4.78, 5) is 21.9. The van der Waals surface area contributed by atoms with Crippen molar-refractivity contribution in [1.82, 2.24) is 14.9 Å². The highest BCUT2D eigenvalue weighted by Gasteiger charge is 2.39. The number of carbonyl (C=O) groups is 1. The Morgan fingerprint density at radius 1 is 1.23 bits per heavy atom. The lowest BCUT2D eigenvalue weighted by Crippen LogP contribution is -2.54. The van der Waals surface area contributed by atoms with Crippen molar-refractivity contribution in [1.29, 1.82) is 0 Å². The first kappa shape index (κ1) is 21.5. The lowest BCUT2D eigenvalue weighted by atomic mass is 9.75. The predicted octanol–water partition coefficient (Wildman–Crippen LogP) is 4.78. The molecular formula is C21H21ClF3N5O. The standard InChI is InChI=1S/C21H21ClF3N5O/c1-30(2)21(6-3-7-21)10-26-20-28-17-12(9-15(24)16(25)18(17)29-20)19(31)27-11-4-5-14(23)13(22)8-11/h4-5,8-9H,3,6-7,10H2,1-2H3,(H,27,31)(H2,26,28,29). The fourth-order valence-electron chi connectivity index (χ4n) is 3.75. The van der Waals surface area contributed by atoms with Crippen LogP contribution in [0, 0.1) is 17.5 Å². The number of H-pyrrole nitrogens is 1. The molecule has 0 aliphatic heterocycles. The van der Waals surface area contributed by atoms with Gasteiger partial charge in [-0.15, -0.1) is 0 Å². The van der Waals surface area contributed by atoms with E-state index in [9.17, 15) is 18.0 Å². The third kappa shape index (κ3) is 3.95. The van der Waals surface area contributed by atoms with Crippen molar-refractivity contribution < 1.29 is 18.0 Å². The third-order valence-corrected chi connectivity index (χ3v) is 6.19. The molecule has 1 aromatic heterocycles. The smallest absolute Gasteiger partial charge is 0.257 e. The lowest BCUT2D eigenvalue weighted by Gasteiger charge is -2.47. The fourth-order valence-corrected chi connectivity index (χ4v) is 3.93. The average molecular weight is 452 g/mol. The maximum Gasteiger partial charge on any atom is 0.257 e. The van der Waals surface area contributed by atoms with Gasteiger partial charge in [0.2, 0.25) is 5.95 Å². The van der Waals surface area contributed by atoms with Gasteiger partial charge < -0.3 is 20.5 Å². The first-order valence-corrected chi connectivity index (χ1v) is 10.1. The number of carbonyl (C=O) groups excluding carboxylic acids is 1. The number of aromatic nitrogens is 2. The summed E-state index contributed by atoms with van der Waals surface area (Å²) in [6.07, 6.45) is 3.16. The SMILES string of the molecule is CN(C)C1(CNc2nc3c(F)c(F)cc(C(=O)Nc4ccc(F)c(Cl)c4)c3[nH]2)CCC1. The lowest BCUT2D eigenvalue weighted by molar-refractivity contribution is 0.0737. The summed E-state index contributed by atoms with van der Waals surface area (Å²) in [5.41, 5.74) is -0.173. The Kier molecular flexibility index (Phi) is 5.57. The highest BCUT2D eigenvalue weighted by atomic mass is 35.5. The number of hydrogen-bond acceptors (Lipinski definition) is 4. The van der Waals surface area contributed by atoms with Crippen molar-refractivity contribution in [3.05, 3.63) is 52.3 Å². The first-order valence-electron chi connectivity index (χ1n) is 9.75. The van der Waals surface area contributed by atoms with Crippen LogP contribution in [0.4, 0.5) is 24.8 Å². The number of likely N-dealkylation sites (N-methyl/N-ethyl adjacent to an activating group) is 1. The molecule has 3 N–H and O–H groups in total. The second-order valence-corrected chi connectivity index (χ2v) is 8.35. The van der Waals surface area contributed by atoms with Crippen molar-refractivity contribution >= 4 is 40.2 Å². The molecule has 31 heavy (non-hydrogen) atoms. The molecule has 3 aromatic rings. The van der Waals surface area contributed by atoms with E-state index in [1.54, 1.807) is 0 Å². The summed E-state index contributed by atoms with van der Waals surface area (Å²) in [5.74, 6) is -3.46. The molecule has 0 atom stereocenters. The number of nitrogens with one attached hydrogen (secondary N) is 3. The fraction of sp³-hybridized carbons (Fsp3) is 0.333. The number of nitrogens with zero attached hydrogens (tertiary/aromatic N) is 2. The highest BCUT2D eigenvalue weighted by Crippen LogP contribution is 2.36. The number of amides is 1. The monoisotopic (exact) mass is 451 g/mol. The molecule has 1 saturated carbocycles. The number of rotatable bonds is 6. The molecule has 0 spiro atoms. The Bertz CT molecular complexity index is 1160. The molecule has 10 heteroatoms. The van der Waals surface area contributed by atoms with Crippen LogP contribution in [-0.4, -0.2) is 47.0 Å². The average Bonchev–Trinajstić information content (AvgIpc) is 3.11. The van der Waals surface area contributed by atoms with Crippen LogP contribution >= 0.6 is 11.6 Å². The minimum absolute atomic E-state index is 0.0230. The Labute approximate surface area is 181 Å². The van der Waals surface area contributed by atoms with E-state index in [1.807, 2.05) is 14.1 Å². The van der Waals surface area contributed by atoms with Gasteiger partial charge in [0.1, 0.15) is 11.3 Å². The number of hydrogen-bond donors (Lipinski definition) is 3. The van der Waals surface area contributed by atoms with Gasteiger partial charge in [-0.25, -0.2) is 18.2 Å². The molecule has 1 aliphatic carbocycles. The molecule has 0 unspecified atom stereocenters. The zero-order chi connectivity index (χ0) is 22.3. The Hall–Kier alpha value is -2.78. The molecule has 164 valence electrons. The Balaban J connectivity index is 1.63. The van der Waals surface area contributed by atoms with Crippen molar-refractivity contribution in [2.45, 2.75) is 24.8 Å². The normalized spacial score (nSPS) is 15.2. The molecule has 1 fully saturated rings. The van der Waals surface area contributed by atoms with Crippen LogP contribution in [0.3, 0.4) is 0 Å². The second kappa shape index (κ2) is 8.05. The Morgan fingerprint density at radius 3 is 2.58 bits per heavy atom. The zero-order valence-corrected chi connectivity index (χ0v) is 17.7. The van der Waals surface area contributed by atoms with Gasteiger partial charge in [0.05, 0.1) is 16.1 Å². The number of halogens is 4. The van der Waals surface area contributed by atoms with Gasteiger partial charge in [0.15, 0.2) is 11.6 Å². The molecule has 0 saturated heterocycles. The van der Waals surface area contributed by atoms with E-state index in [0.717, 1.165) is 31.4 Å². The van der Waals surface area contributed by atoms with Crippen molar-refractivity contribution in [3.8, 4) is 0 Å². The van der Waals surface area contributed by atoms with Gasteiger partial charge in [-0.05, 0) is 57.6 Å². The van der Waals surface area contributed by atoms with E-state index in [0.29, 0.717) is 6.54 Å². The quantitative estimate of drug-likeness (QED) is 0.504. The van der Waals surface area contributed by atoms with Gasteiger partial charge in [0, 0.05) is 17.8 Å². The summed E-state index contributed by atoms with van der Waals surface area (Å²) in [6.45, 7) is 0.569. The molecule has 0 bridgehead atoms. The van der Waals surface area contributed by atoms with Crippen LogP contribution in [0.2, 0.25) is 5.02 Å². The number of benzene rings is 2. The number of fused-ring (bicyclic) bond motifs is 1. The molecule has 1 aliphatic rings. The summed E-state index contributed by atoms with van der Waals surface area (Å²) < 4.78 is 41.9. The van der Waals surface area contributed by atoms with Crippen LogP contribution in [0.25, 0.3) is 11.0 Å². The van der Waals surface area contributed by atoms with Gasteiger partial charge in [0.25, 0.3) is 5.91 Å². The third-order valence-electron chi connectivity index (χ3n) is 5.90. The van der Waals surface area contributed by atoms with Crippen molar-refractivity contribution in [2.24, 2.45) is 0 Å². The minimum Gasteiger partial charge on any atom is -0.354 e. The van der Waals surface area contributed by atoms with E-state index in [4.69, 9.17) is 11.6 Å². The number of anilines is 2. The zero-order valence-electron chi connectivity index (χ0n) is 17.0. The summed E-state index contributed by atoms with van der Waals surface area (Å²) in [5, 5.41) is 5.48. The topological polar surface area (TPSA) is 73.1 Å². The molecule has 0 radical (unpaired) electrons. The van der Waals surface area contributed by atoms with E-state index in [-0.39, 0.29) is 38.8 Å². The largest absolute Gasteiger partial charge is 0.354 e. The Morgan fingerprint density at radius 2 is 1.97 bits per heavy atom. The van der Waals surface area contributed by atoms with E-state index < -0.39 is 23.4 Å². The molecule has 1 amide bonds. The first-order chi connectivity index (χ1) is 14.7. The molecule has 1 heterocycles. The van der Waals surface area contributed by atoms with E-state index >= 15 is 0 Å². The van der Waals surface area contributed by atoms with Gasteiger partial charge in [-0.3, -0.25) is 4.79 Å². The molecule has 6 nitrogen and oxygen atoms in total. The molecule has 4 rings (SSSR count). The summed E-state index contributed by atoms with van der Waals surface area (Å²) in [6, 6.07) is 4.44. The van der Waals surface area contributed by atoms with Crippen LogP contribution in [-0.2, 0) is 0 Å². The summed E-state index contributed by atoms with van der Waals surface area (Å²) >= 11 is 5.73. The predicted molar refractivity (Wildman–Crippen MR) is 114 cm³/mol. The molecular weight excluding hydrogens is 431 g/mol. The van der Waals surface area contributed by atoms with Crippen molar-refractivity contribution in [2.75, 3.05) is 31.3 Å². The number of imidazole rings is 1. The summed E-state index contributed by atoms with van der Waals surface area (Å²) in [7, 11) is 4.00. The maximum absolute atomic E-state index is 14.4. The van der Waals surface area contributed by atoms with Crippen LogP contribution in [0.5, 0.6) is 0 Å². The highest BCUT2D eigenvalue weighted by molar-refractivity contribution is 6.31. The van der Waals surface area contributed by atoms with Crippen LogP contribution in [0.1, 0.15) is 29.6 Å². The van der Waals surface area contributed by atoms with Crippen LogP contribution in [0.15, 0.2) is 24.3 Å². The van der Waals surface area contributed by atoms with Crippen LogP contribution < -0.4 is 10.6 Å². The molecule has 2 aromatic carbocycles. The van der Waals surface area contributed by atoms with E-state index in [1.165, 1.54) is 12.1 Å². The van der Waals surface area contributed by atoms with Gasteiger partial charge in [-0.1, -0.05) is 11.6 Å². The van der Waals surface area contributed by atoms with Crippen molar-refractivity contribution in [3.63, 3.8) is 0 Å². The minimum atomic E-state index is -1.20. The second-order valence-electron chi connectivity index (χ2n) is 7.94. The maximum atomic E-state index is 14.4. The van der Waals surface area contributed by atoms with E-state index in [2.05, 4.69) is 25.5 Å². The van der Waals surface area contributed by atoms with Gasteiger partial charge in [-0.2, -0.15) is 0 Å². The number of aromatic amines is 1.